The van der Waals surface area contributed by atoms with Crippen molar-refractivity contribution in [3.05, 3.63) is 120 Å². The van der Waals surface area contributed by atoms with E-state index >= 15 is 4.39 Å². The number of carboxylic acids is 1. The number of aromatic nitrogens is 1. The van der Waals surface area contributed by atoms with Gasteiger partial charge >= 0.3 is 5.97 Å². The molecule has 0 saturated heterocycles. The summed E-state index contributed by atoms with van der Waals surface area (Å²) in [5.74, 6) is -1.86. The smallest absolute Gasteiger partial charge is 0.303 e. The molecule has 198 valence electrons. The van der Waals surface area contributed by atoms with Gasteiger partial charge in [0.1, 0.15) is 24.0 Å². The molecule has 1 aromatic heterocycles. The Kier molecular flexibility index (Phi) is 7.17. The van der Waals surface area contributed by atoms with E-state index in [2.05, 4.69) is 0 Å². The van der Waals surface area contributed by atoms with Gasteiger partial charge in [0.25, 0.3) is 10.0 Å². The van der Waals surface area contributed by atoms with Gasteiger partial charge in [0.15, 0.2) is 0 Å². The fourth-order valence-electron chi connectivity index (χ4n) is 4.38. The monoisotopic (exact) mass is 547 g/mol. The molecule has 5 rings (SSSR count). The molecule has 4 aromatic carbocycles. The van der Waals surface area contributed by atoms with Crippen molar-refractivity contribution in [2.75, 3.05) is 0 Å². The van der Waals surface area contributed by atoms with E-state index in [9.17, 15) is 17.6 Å². The van der Waals surface area contributed by atoms with Gasteiger partial charge in [0, 0.05) is 29.6 Å². The molecule has 0 fully saturated rings. The van der Waals surface area contributed by atoms with Crippen molar-refractivity contribution >= 4 is 26.9 Å². The molecule has 0 atom stereocenters. The van der Waals surface area contributed by atoms with Crippen molar-refractivity contribution < 1.29 is 31.8 Å². The Labute approximate surface area is 223 Å². The zero-order valence-corrected chi connectivity index (χ0v) is 21.4. The van der Waals surface area contributed by atoms with Crippen molar-refractivity contribution in [1.29, 1.82) is 0 Å². The SMILES string of the molecule is O=C(O)CCc1cn(S(=O)(=O)c2cccc(-c3ccc(OCc4ccccc4)cc3F)c2)c2ccc(F)cc12. The van der Waals surface area contributed by atoms with Gasteiger partial charge in [-0.05, 0) is 65.6 Å². The van der Waals surface area contributed by atoms with E-state index in [0.717, 1.165) is 15.6 Å². The van der Waals surface area contributed by atoms with Crippen molar-refractivity contribution in [2.24, 2.45) is 0 Å². The number of fused-ring (bicyclic) bond motifs is 1. The quantitative estimate of drug-likeness (QED) is 0.230. The summed E-state index contributed by atoms with van der Waals surface area (Å²) in [6, 6.07) is 23.4. The fraction of sp³-hybridized carbons (Fsp3) is 0.100. The Balaban J connectivity index is 1.47. The maximum absolute atomic E-state index is 15.1. The molecule has 0 bridgehead atoms. The highest BCUT2D eigenvalue weighted by molar-refractivity contribution is 7.90. The van der Waals surface area contributed by atoms with Gasteiger partial charge in [-0.2, -0.15) is 0 Å². The summed E-state index contributed by atoms with van der Waals surface area (Å²) in [4.78, 5) is 11.0. The van der Waals surface area contributed by atoms with E-state index in [0.29, 0.717) is 22.3 Å². The molecule has 0 aliphatic heterocycles. The molecule has 0 aliphatic carbocycles. The lowest BCUT2D eigenvalue weighted by molar-refractivity contribution is -0.136. The van der Waals surface area contributed by atoms with Crippen LogP contribution in [0, 0.1) is 11.6 Å². The average molecular weight is 548 g/mol. The third-order valence-corrected chi connectivity index (χ3v) is 7.98. The summed E-state index contributed by atoms with van der Waals surface area (Å²) in [5, 5.41) is 9.38. The second-order valence-corrected chi connectivity index (χ2v) is 10.8. The van der Waals surface area contributed by atoms with Crippen molar-refractivity contribution in [1.82, 2.24) is 3.97 Å². The third kappa shape index (κ3) is 5.53. The predicted octanol–water partition coefficient (Wildman–Crippen LogP) is 6.42. The number of benzene rings is 4. The first-order valence-corrected chi connectivity index (χ1v) is 13.5. The standard InChI is InChI=1S/C30H23F2NO5S/c31-23-10-13-29-27(16-23)22(9-14-30(34)35)18-33(29)39(36,37)25-8-4-7-21(15-25)26-12-11-24(17-28(26)32)38-19-20-5-2-1-3-6-20/h1-8,10-13,15-18H,9,14,19H2,(H,34,35). The van der Waals surface area contributed by atoms with Crippen LogP contribution in [-0.2, 0) is 27.8 Å². The molecular weight excluding hydrogens is 524 g/mol. The molecule has 5 aromatic rings. The third-order valence-electron chi connectivity index (χ3n) is 6.31. The average Bonchev–Trinajstić information content (AvgIpc) is 3.30. The molecule has 0 unspecified atom stereocenters. The van der Waals surface area contributed by atoms with E-state index < -0.39 is 27.6 Å². The van der Waals surface area contributed by atoms with E-state index in [1.54, 1.807) is 12.1 Å². The number of aryl methyl sites for hydroxylation is 1. The van der Waals surface area contributed by atoms with Crippen LogP contribution in [0.15, 0.2) is 102 Å². The Morgan fingerprint density at radius 3 is 2.44 bits per heavy atom. The van der Waals surface area contributed by atoms with Crippen LogP contribution >= 0.6 is 0 Å². The molecule has 6 nitrogen and oxygen atoms in total. The maximum atomic E-state index is 15.1. The molecular formula is C30H23F2NO5S. The normalized spacial score (nSPS) is 11.5. The zero-order chi connectivity index (χ0) is 27.6. The number of nitrogens with zero attached hydrogens (tertiary/aromatic N) is 1. The lowest BCUT2D eigenvalue weighted by Crippen LogP contribution is -2.12. The van der Waals surface area contributed by atoms with Gasteiger partial charge in [0.05, 0.1) is 10.4 Å². The minimum absolute atomic E-state index is 0.0295. The number of hydrogen-bond acceptors (Lipinski definition) is 4. The second-order valence-electron chi connectivity index (χ2n) is 8.95. The minimum Gasteiger partial charge on any atom is -0.489 e. The minimum atomic E-state index is -4.19. The molecule has 9 heteroatoms. The topological polar surface area (TPSA) is 85.6 Å². The highest BCUT2D eigenvalue weighted by Gasteiger charge is 2.23. The van der Waals surface area contributed by atoms with Crippen LogP contribution in [0.2, 0.25) is 0 Å². The number of halogens is 2. The molecule has 1 heterocycles. The number of carboxylic acid groups (broad SMARTS) is 1. The molecule has 1 N–H and O–H groups in total. The van der Waals surface area contributed by atoms with Gasteiger partial charge in [-0.1, -0.05) is 42.5 Å². The first kappa shape index (κ1) is 26.1. The highest BCUT2D eigenvalue weighted by Crippen LogP contribution is 2.31. The van der Waals surface area contributed by atoms with Gasteiger partial charge in [0.2, 0.25) is 0 Å². The maximum Gasteiger partial charge on any atom is 0.303 e. The van der Waals surface area contributed by atoms with Gasteiger partial charge < -0.3 is 9.84 Å². The van der Waals surface area contributed by atoms with Gasteiger partial charge in [-0.15, -0.1) is 0 Å². The van der Waals surface area contributed by atoms with E-state index in [1.807, 2.05) is 30.3 Å². The first-order valence-electron chi connectivity index (χ1n) is 12.1. The Morgan fingerprint density at radius 1 is 0.897 bits per heavy atom. The zero-order valence-electron chi connectivity index (χ0n) is 20.6. The Hall–Kier alpha value is -4.50. The van der Waals surface area contributed by atoms with Gasteiger partial charge in [-0.3, -0.25) is 4.79 Å². The Morgan fingerprint density at radius 2 is 1.69 bits per heavy atom. The van der Waals surface area contributed by atoms with Crippen LogP contribution in [0.4, 0.5) is 8.78 Å². The molecule has 0 amide bonds. The van der Waals surface area contributed by atoms with Crippen LogP contribution in [0.3, 0.4) is 0 Å². The van der Waals surface area contributed by atoms with Crippen molar-refractivity contribution in [3.8, 4) is 16.9 Å². The van der Waals surface area contributed by atoms with E-state index in [1.165, 1.54) is 48.7 Å². The number of aliphatic carboxylic acids is 1. The van der Waals surface area contributed by atoms with Crippen LogP contribution in [0.1, 0.15) is 17.5 Å². The van der Waals surface area contributed by atoms with Crippen LogP contribution < -0.4 is 4.74 Å². The predicted molar refractivity (Wildman–Crippen MR) is 143 cm³/mol. The Bertz CT molecular complexity index is 1780. The summed E-state index contributed by atoms with van der Waals surface area (Å²) in [6.07, 6.45) is 1.10. The molecule has 0 aliphatic rings. The molecule has 39 heavy (non-hydrogen) atoms. The largest absolute Gasteiger partial charge is 0.489 e. The van der Waals surface area contributed by atoms with Crippen LogP contribution in [-0.4, -0.2) is 23.5 Å². The second kappa shape index (κ2) is 10.7. The first-order chi connectivity index (χ1) is 18.7. The highest BCUT2D eigenvalue weighted by atomic mass is 32.2. The number of ether oxygens (including phenoxy) is 1. The number of rotatable bonds is 9. The summed E-state index contributed by atoms with van der Waals surface area (Å²) < 4.78 is 63.1. The number of carbonyl (C=O) groups is 1. The van der Waals surface area contributed by atoms with Crippen LogP contribution in [0.25, 0.3) is 22.0 Å². The molecule has 0 spiro atoms. The van der Waals surface area contributed by atoms with Crippen molar-refractivity contribution in [2.45, 2.75) is 24.3 Å². The summed E-state index contributed by atoms with van der Waals surface area (Å²) in [7, 11) is -4.19. The van der Waals surface area contributed by atoms with Gasteiger partial charge in [-0.25, -0.2) is 21.2 Å². The summed E-state index contributed by atoms with van der Waals surface area (Å²) in [5.41, 5.74) is 2.08. The van der Waals surface area contributed by atoms with E-state index in [4.69, 9.17) is 9.84 Å². The van der Waals surface area contributed by atoms with Crippen molar-refractivity contribution in [3.63, 3.8) is 0 Å². The summed E-state index contributed by atoms with van der Waals surface area (Å²) in [6.45, 7) is 0.274. The number of hydrogen-bond donors (Lipinski definition) is 1. The fourth-order valence-corrected chi connectivity index (χ4v) is 5.81. The summed E-state index contributed by atoms with van der Waals surface area (Å²) >= 11 is 0. The van der Waals surface area contributed by atoms with Crippen LogP contribution in [0.5, 0.6) is 5.75 Å². The molecule has 0 saturated carbocycles. The van der Waals surface area contributed by atoms with E-state index in [-0.39, 0.29) is 35.4 Å². The lowest BCUT2D eigenvalue weighted by atomic mass is 10.1. The lowest BCUT2D eigenvalue weighted by Gasteiger charge is -2.11. The molecule has 0 radical (unpaired) electrons.